The first-order valence-electron chi connectivity index (χ1n) is 3.23. The summed E-state index contributed by atoms with van der Waals surface area (Å²) in [5.41, 5.74) is 2.87. The topological polar surface area (TPSA) is 17.1 Å². The third-order valence-corrected chi connectivity index (χ3v) is 2.99. The second-order valence-electron chi connectivity index (χ2n) is 2.06. The predicted molar refractivity (Wildman–Crippen MR) is 56.0 cm³/mol. The van der Waals surface area contributed by atoms with Crippen molar-refractivity contribution >= 4 is 38.8 Å². The van der Waals surface area contributed by atoms with Gasteiger partial charge >= 0.3 is 0 Å². The van der Waals surface area contributed by atoms with Crippen LogP contribution in [-0.4, -0.2) is 5.62 Å². The van der Waals surface area contributed by atoms with Gasteiger partial charge in [0.1, 0.15) is 0 Å². The lowest BCUT2D eigenvalue weighted by atomic mass is 10.2. The summed E-state index contributed by atoms with van der Waals surface area (Å²) in [6.07, 6.45) is 0. The quantitative estimate of drug-likeness (QED) is 0.569. The fourth-order valence-corrected chi connectivity index (χ4v) is 2.11. The van der Waals surface area contributed by atoms with Crippen molar-refractivity contribution in [2.24, 2.45) is 0 Å². The summed E-state index contributed by atoms with van der Waals surface area (Å²) in [5, 5.41) is 0.730. The Morgan fingerprint density at radius 2 is 2.33 bits per heavy atom. The maximum absolute atomic E-state index is 9.85. The van der Waals surface area contributed by atoms with Gasteiger partial charge < -0.3 is 0 Å². The highest BCUT2D eigenvalue weighted by atomic mass is 35.5. The number of carbonyl (C=O) groups excluding carboxylic acids is 1. The first-order valence-corrected chi connectivity index (χ1v) is 5.92. The highest BCUT2D eigenvalue weighted by molar-refractivity contribution is 8.81. The van der Waals surface area contributed by atoms with Crippen LogP contribution in [0.15, 0.2) is 24.3 Å². The van der Waals surface area contributed by atoms with E-state index in [4.69, 9.17) is 11.6 Å². The van der Waals surface area contributed by atoms with Crippen molar-refractivity contribution in [3.63, 3.8) is 0 Å². The van der Waals surface area contributed by atoms with Gasteiger partial charge in [0.05, 0.1) is 0 Å². The van der Waals surface area contributed by atoms with E-state index < -0.39 is 0 Å². The molecule has 0 fully saturated rings. The van der Waals surface area contributed by atoms with Crippen LogP contribution in [0.3, 0.4) is 0 Å². The zero-order valence-electron chi connectivity index (χ0n) is 6.12. The summed E-state index contributed by atoms with van der Waals surface area (Å²) in [4.78, 5) is 9.85. The van der Waals surface area contributed by atoms with Crippen molar-refractivity contribution < 1.29 is 4.79 Å². The van der Waals surface area contributed by atoms with Crippen molar-refractivity contribution in [2.75, 3.05) is 0 Å². The van der Waals surface area contributed by atoms with E-state index in [9.17, 15) is 4.79 Å². The van der Waals surface area contributed by atoms with E-state index >= 15 is 0 Å². The van der Waals surface area contributed by atoms with Gasteiger partial charge in [0.2, 0.25) is 0 Å². The standard InChI is InChI=1S/C8H6ClOS2/c9-8-3-1-2-7(4-8)5-11-12-6-10/h1-4H,5H2. The summed E-state index contributed by atoms with van der Waals surface area (Å²) in [6.45, 7) is 0. The van der Waals surface area contributed by atoms with Crippen LogP contribution in [0.5, 0.6) is 0 Å². The average molecular weight is 218 g/mol. The molecular weight excluding hydrogens is 212 g/mol. The van der Waals surface area contributed by atoms with E-state index in [1.165, 1.54) is 10.8 Å². The normalized spacial score (nSPS) is 9.75. The van der Waals surface area contributed by atoms with Crippen LogP contribution in [0.2, 0.25) is 5.02 Å². The minimum atomic E-state index is 0.730. The molecule has 0 bridgehead atoms. The molecule has 0 spiro atoms. The Labute approximate surface area is 84.3 Å². The molecule has 1 nitrogen and oxygen atoms in total. The molecule has 0 unspecified atom stereocenters. The number of hydrogen-bond donors (Lipinski definition) is 0. The van der Waals surface area contributed by atoms with Crippen molar-refractivity contribution in [3.8, 4) is 0 Å². The summed E-state index contributed by atoms with van der Waals surface area (Å²) in [6, 6.07) is 7.59. The van der Waals surface area contributed by atoms with Crippen LogP contribution in [0.4, 0.5) is 0 Å². The second kappa shape index (κ2) is 5.51. The molecule has 0 aliphatic heterocycles. The van der Waals surface area contributed by atoms with Gasteiger partial charge in [-0.2, -0.15) is 0 Å². The van der Waals surface area contributed by atoms with Gasteiger partial charge in [-0.1, -0.05) is 34.5 Å². The zero-order chi connectivity index (χ0) is 8.81. The monoisotopic (exact) mass is 217 g/mol. The molecule has 0 N–H and O–H groups in total. The fraction of sp³-hybridized carbons (Fsp3) is 0.125. The van der Waals surface area contributed by atoms with Gasteiger partial charge in [0.25, 0.3) is 5.62 Å². The van der Waals surface area contributed by atoms with Gasteiger partial charge in [-0.3, -0.25) is 4.79 Å². The molecule has 0 saturated carbocycles. The van der Waals surface area contributed by atoms with E-state index in [1.807, 2.05) is 24.3 Å². The molecule has 0 aliphatic rings. The van der Waals surface area contributed by atoms with Crippen LogP contribution in [-0.2, 0) is 10.5 Å². The van der Waals surface area contributed by atoms with Crippen LogP contribution in [0.1, 0.15) is 5.56 Å². The van der Waals surface area contributed by atoms with Gasteiger partial charge in [-0.15, -0.1) is 0 Å². The fourth-order valence-electron chi connectivity index (χ4n) is 0.748. The Balaban J connectivity index is 2.46. The van der Waals surface area contributed by atoms with E-state index in [-0.39, 0.29) is 0 Å². The van der Waals surface area contributed by atoms with Gasteiger partial charge in [-0.05, 0) is 28.5 Å². The first-order chi connectivity index (χ1) is 5.83. The second-order valence-corrected chi connectivity index (χ2v) is 4.56. The van der Waals surface area contributed by atoms with Crippen molar-refractivity contribution in [2.45, 2.75) is 5.75 Å². The maximum atomic E-state index is 9.85. The summed E-state index contributed by atoms with van der Waals surface area (Å²) in [7, 11) is 2.53. The minimum Gasteiger partial charge on any atom is -0.276 e. The predicted octanol–water partition coefficient (Wildman–Crippen LogP) is 3.29. The van der Waals surface area contributed by atoms with Crippen molar-refractivity contribution in [1.82, 2.24) is 0 Å². The first kappa shape index (κ1) is 9.96. The van der Waals surface area contributed by atoms with Crippen LogP contribution >= 0.6 is 33.2 Å². The molecule has 63 valence electrons. The van der Waals surface area contributed by atoms with Gasteiger partial charge in [0.15, 0.2) is 0 Å². The zero-order valence-corrected chi connectivity index (χ0v) is 8.51. The maximum Gasteiger partial charge on any atom is 0.277 e. The lowest BCUT2D eigenvalue weighted by molar-refractivity contribution is 0.570. The van der Waals surface area contributed by atoms with Crippen LogP contribution < -0.4 is 0 Å². The largest absolute Gasteiger partial charge is 0.277 e. The van der Waals surface area contributed by atoms with Gasteiger partial charge in [-0.25, -0.2) is 0 Å². The Bertz CT molecular complexity index is 265. The molecule has 0 atom stereocenters. The minimum absolute atomic E-state index is 0.730. The highest BCUT2D eigenvalue weighted by Gasteiger charge is 1.94. The summed E-state index contributed by atoms with van der Waals surface area (Å²) >= 11 is 5.76. The highest BCUT2D eigenvalue weighted by Crippen LogP contribution is 2.24. The smallest absolute Gasteiger partial charge is 0.276 e. The molecule has 1 aromatic carbocycles. The van der Waals surface area contributed by atoms with Crippen LogP contribution in [0, 0.1) is 0 Å². The van der Waals surface area contributed by atoms with Crippen molar-refractivity contribution in [1.29, 1.82) is 0 Å². The molecule has 4 heteroatoms. The molecular formula is C8H6ClOS2. The lowest BCUT2D eigenvalue weighted by Crippen LogP contribution is -1.76. The third-order valence-electron chi connectivity index (χ3n) is 1.21. The molecule has 1 radical (unpaired) electrons. The molecule has 0 aromatic heterocycles. The van der Waals surface area contributed by atoms with Crippen LogP contribution in [0.25, 0.3) is 0 Å². The third kappa shape index (κ3) is 3.52. The van der Waals surface area contributed by atoms with Gasteiger partial charge in [0, 0.05) is 10.8 Å². The van der Waals surface area contributed by atoms with E-state index in [1.54, 1.807) is 5.62 Å². The molecule has 0 aliphatic carbocycles. The molecule has 0 amide bonds. The lowest BCUT2D eigenvalue weighted by Gasteiger charge is -1.97. The molecule has 1 rings (SSSR count). The van der Waals surface area contributed by atoms with E-state index in [2.05, 4.69) is 0 Å². The summed E-state index contributed by atoms with van der Waals surface area (Å²) < 4.78 is 0. The Hall–Kier alpha value is -0.120. The number of halogens is 1. The Kier molecular flexibility index (Phi) is 4.58. The van der Waals surface area contributed by atoms with Crippen molar-refractivity contribution in [3.05, 3.63) is 34.9 Å². The van der Waals surface area contributed by atoms with E-state index in [0.717, 1.165) is 27.1 Å². The Morgan fingerprint density at radius 3 is 3.00 bits per heavy atom. The molecule has 12 heavy (non-hydrogen) atoms. The Morgan fingerprint density at radius 1 is 1.50 bits per heavy atom. The molecule has 0 heterocycles. The number of rotatable bonds is 4. The van der Waals surface area contributed by atoms with E-state index in [0.29, 0.717) is 0 Å². The molecule has 0 saturated heterocycles. The average Bonchev–Trinajstić information content (AvgIpc) is 2.05. The molecule has 1 aromatic rings. The summed E-state index contributed by atoms with van der Waals surface area (Å²) in [5.74, 6) is 0.778. The number of hydrogen-bond acceptors (Lipinski definition) is 3. The number of benzene rings is 1. The SMILES string of the molecule is O=[C]SSCc1cccc(Cl)c1.